The number of carbonyl (C=O) groups is 2. The molecule has 0 aliphatic heterocycles. The van der Waals surface area contributed by atoms with Crippen molar-refractivity contribution in [2.45, 2.75) is 13.8 Å². The standard InChI is InChI=1S/C7H11NO3/c1-5(9)4-6(2)11-7(10)8-3/h4H,1-3H3,(H,8,10)/b6-4+. The monoisotopic (exact) mass is 157 g/mol. The summed E-state index contributed by atoms with van der Waals surface area (Å²) in [4.78, 5) is 21.0. The van der Waals surface area contributed by atoms with Crippen molar-refractivity contribution < 1.29 is 14.3 Å². The Bertz CT molecular complexity index is 196. The summed E-state index contributed by atoms with van der Waals surface area (Å²) in [5, 5.41) is 2.26. The topological polar surface area (TPSA) is 55.4 Å². The zero-order valence-corrected chi connectivity index (χ0v) is 6.80. The van der Waals surface area contributed by atoms with Gasteiger partial charge in [0.25, 0.3) is 0 Å². The van der Waals surface area contributed by atoms with Crippen molar-refractivity contribution in [3.05, 3.63) is 11.8 Å². The molecule has 0 aromatic carbocycles. The maximum Gasteiger partial charge on any atom is 0.412 e. The van der Waals surface area contributed by atoms with Gasteiger partial charge in [0, 0.05) is 13.1 Å². The molecule has 0 atom stereocenters. The van der Waals surface area contributed by atoms with Crippen molar-refractivity contribution in [3.63, 3.8) is 0 Å². The van der Waals surface area contributed by atoms with Gasteiger partial charge in [0.05, 0.1) is 0 Å². The molecule has 4 heteroatoms. The molecule has 11 heavy (non-hydrogen) atoms. The molecule has 1 N–H and O–H groups in total. The molecule has 0 aliphatic carbocycles. The predicted octanol–water partition coefficient (Wildman–Crippen LogP) is 0.835. The zero-order chi connectivity index (χ0) is 8.85. The molecule has 62 valence electrons. The highest BCUT2D eigenvalue weighted by Crippen LogP contribution is 1.95. The fourth-order valence-electron chi connectivity index (χ4n) is 0.513. The van der Waals surface area contributed by atoms with E-state index in [9.17, 15) is 9.59 Å². The van der Waals surface area contributed by atoms with Gasteiger partial charge in [-0.25, -0.2) is 4.79 Å². The van der Waals surface area contributed by atoms with Crippen molar-refractivity contribution in [3.8, 4) is 0 Å². The van der Waals surface area contributed by atoms with Crippen LogP contribution in [0.5, 0.6) is 0 Å². The van der Waals surface area contributed by atoms with Crippen LogP contribution >= 0.6 is 0 Å². The van der Waals surface area contributed by atoms with Gasteiger partial charge in [0.15, 0.2) is 5.78 Å². The Morgan fingerprint density at radius 3 is 2.27 bits per heavy atom. The van der Waals surface area contributed by atoms with Crippen molar-refractivity contribution in [2.75, 3.05) is 7.05 Å². The fraction of sp³-hybridized carbons (Fsp3) is 0.429. The summed E-state index contributed by atoms with van der Waals surface area (Å²) >= 11 is 0. The van der Waals surface area contributed by atoms with Crippen LogP contribution in [0.2, 0.25) is 0 Å². The van der Waals surface area contributed by atoms with Crippen LogP contribution in [0.1, 0.15) is 13.8 Å². The van der Waals surface area contributed by atoms with E-state index >= 15 is 0 Å². The fourth-order valence-corrected chi connectivity index (χ4v) is 0.513. The van der Waals surface area contributed by atoms with Gasteiger partial charge in [0.2, 0.25) is 0 Å². The second-order valence-corrected chi connectivity index (χ2v) is 2.01. The summed E-state index contributed by atoms with van der Waals surface area (Å²) in [6.45, 7) is 2.92. The highest BCUT2D eigenvalue weighted by atomic mass is 16.6. The SMILES string of the molecule is CNC(=O)O/C(C)=C/C(C)=O. The number of rotatable bonds is 2. The normalized spacial score (nSPS) is 10.6. The second kappa shape index (κ2) is 4.49. The summed E-state index contributed by atoms with van der Waals surface area (Å²) in [5.41, 5.74) is 0. The Morgan fingerprint density at radius 2 is 1.91 bits per heavy atom. The molecule has 4 nitrogen and oxygen atoms in total. The van der Waals surface area contributed by atoms with E-state index in [1.54, 1.807) is 0 Å². The molecule has 1 amide bonds. The smallest absolute Gasteiger partial charge is 0.412 e. The molecule has 0 bridgehead atoms. The van der Waals surface area contributed by atoms with Gasteiger partial charge in [-0.1, -0.05) is 0 Å². The molecule has 0 spiro atoms. The molecule has 0 heterocycles. The molecular formula is C7H11NO3. The van der Waals surface area contributed by atoms with Crippen molar-refractivity contribution in [1.29, 1.82) is 0 Å². The number of hydrogen-bond donors (Lipinski definition) is 1. The van der Waals surface area contributed by atoms with Crippen molar-refractivity contribution >= 4 is 11.9 Å². The zero-order valence-electron chi connectivity index (χ0n) is 6.80. The first-order valence-electron chi connectivity index (χ1n) is 3.14. The number of ketones is 1. The van der Waals surface area contributed by atoms with E-state index in [2.05, 4.69) is 10.1 Å². The summed E-state index contributed by atoms with van der Waals surface area (Å²) < 4.78 is 4.60. The molecule has 0 radical (unpaired) electrons. The van der Waals surface area contributed by atoms with Gasteiger partial charge in [-0.15, -0.1) is 0 Å². The van der Waals surface area contributed by atoms with Crippen LogP contribution in [0.4, 0.5) is 4.79 Å². The Kier molecular flexibility index (Phi) is 3.95. The van der Waals surface area contributed by atoms with Gasteiger partial charge < -0.3 is 10.1 Å². The number of alkyl carbamates (subject to hydrolysis) is 1. The molecule has 0 aromatic rings. The van der Waals surface area contributed by atoms with Gasteiger partial charge in [-0.05, 0) is 13.8 Å². The van der Waals surface area contributed by atoms with Crippen LogP contribution in [-0.4, -0.2) is 18.9 Å². The Balaban J connectivity index is 3.96. The van der Waals surface area contributed by atoms with E-state index in [0.717, 1.165) is 0 Å². The Hall–Kier alpha value is -1.32. The van der Waals surface area contributed by atoms with Crippen molar-refractivity contribution in [2.24, 2.45) is 0 Å². The number of nitrogens with one attached hydrogen (secondary N) is 1. The van der Waals surface area contributed by atoms with E-state index in [0.29, 0.717) is 0 Å². The third kappa shape index (κ3) is 5.14. The highest BCUT2D eigenvalue weighted by molar-refractivity contribution is 5.88. The van der Waals surface area contributed by atoms with Gasteiger partial charge in [-0.2, -0.15) is 0 Å². The lowest BCUT2D eigenvalue weighted by Crippen LogP contribution is -2.18. The molecule has 0 unspecified atom stereocenters. The number of carbonyl (C=O) groups excluding carboxylic acids is 2. The number of ether oxygens (including phenoxy) is 1. The van der Waals surface area contributed by atoms with E-state index in [4.69, 9.17) is 0 Å². The minimum absolute atomic E-state index is 0.147. The summed E-state index contributed by atoms with van der Waals surface area (Å²) in [7, 11) is 1.45. The lowest BCUT2D eigenvalue weighted by atomic mass is 10.4. The summed E-state index contributed by atoms with van der Waals surface area (Å²) in [6.07, 6.45) is 0.676. The third-order valence-electron chi connectivity index (χ3n) is 0.864. The molecule has 0 rings (SSSR count). The molecular weight excluding hydrogens is 146 g/mol. The molecule has 0 fully saturated rings. The highest BCUT2D eigenvalue weighted by Gasteiger charge is 1.99. The van der Waals surface area contributed by atoms with Crippen LogP contribution in [0, 0.1) is 0 Å². The maximum atomic E-state index is 10.5. The molecule has 0 aromatic heterocycles. The average Bonchev–Trinajstić information content (AvgIpc) is 1.85. The van der Waals surface area contributed by atoms with Gasteiger partial charge in [0.1, 0.15) is 5.76 Å². The number of hydrogen-bond acceptors (Lipinski definition) is 3. The van der Waals surface area contributed by atoms with Crippen LogP contribution in [0.15, 0.2) is 11.8 Å². The largest absolute Gasteiger partial charge is 0.415 e. The van der Waals surface area contributed by atoms with Crippen LogP contribution in [-0.2, 0) is 9.53 Å². The van der Waals surface area contributed by atoms with E-state index in [1.165, 1.54) is 27.0 Å². The second-order valence-electron chi connectivity index (χ2n) is 2.01. The lowest BCUT2D eigenvalue weighted by molar-refractivity contribution is -0.112. The van der Waals surface area contributed by atoms with E-state index < -0.39 is 6.09 Å². The Labute approximate surface area is 65.2 Å². The van der Waals surface area contributed by atoms with Crippen LogP contribution < -0.4 is 5.32 Å². The van der Waals surface area contributed by atoms with Crippen LogP contribution in [0.25, 0.3) is 0 Å². The van der Waals surface area contributed by atoms with E-state index in [-0.39, 0.29) is 11.5 Å². The van der Waals surface area contributed by atoms with E-state index in [1.807, 2.05) is 0 Å². The lowest BCUT2D eigenvalue weighted by Gasteiger charge is -2.00. The first-order chi connectivity index (χ1) is 5.06. The average molecular weight is 157 g/mol. The minimum atomic E-state index is -0.569. The molecule has 0 saturated carbocycles. The predicted molar refractivity (Wildman–Crippen MR) is 40.0 cm³/mol. The third-order valence-corrected chi connectivity index (χ3v) is 0.864. The van der Waals surface area contributed by atoms with Crippen LogP contribution in [0.3, 0.4) is 0 Å². The van der Waals surface area contributed by atoms with Gasteiger partial charge >= 0.3 is 6.09 Å². The molecule has 0 saturated heterocycles. The first-order valence-corrected chi connectivity index (χ1v) is 3.14. The number of amides is 1. The van der Waals surface area contributed by atoms with Crippen molar-refractivity contribution in [1.82, 2.24) is 5.32 Å². The number of allylic oxidation sites excluding steroid dienone is 2. The summed E-state index contributed by atoms with van der Waals surface area (Å²) in [6, 6.07) is 0. The first kappa shape index (κ1) is 9.68. The molecule has 0 aliphatic rings. The summed E-state index contributed by atoms with van der Waals surface area (Å²) in [5.74, 6) is 0.142. The maximum absolute atomic E-state index is 10.5. The Morgan fingerprint density at radius 1 is 1.36 bits per heavy atom. The minimum Gasteiger partial charge on any atom is -0.415 e. The van der Waals surface area contributed by atoms with Gasteiger partial charge in [-0.3, -0.25) is 4.79 Å². The quantitative estimate of drug-likeness (QED) is 0.477.